The molecule has 0 aliphatic carbocycles. The Morgan fingerprint density at radius 3 is 2.62 bits per heavy atom. The summed E-state index contributed by atoms with van der Waals surface area (Å²) in [5.74, 6) is 0.0469. The predicted octanol–water partition coefficient (Wildman–Crippen LogP) is 3.12. The summed E-state index contributed by atoms with van der Waals surface area (Å²) in [6.45, 7) is 1.71. The molecule has 0 aliphatic rings. The van der Waals surface area contributed by atoms with Crippen LogP contribution >= 0.6 is 22.6 Å². The number of benzene rings is 2. The molecule has 0 unspecified atom stereocenters. The fourth-order valence-electron chi connectivity index (χ4n) is 2.17. The Labute approximate surface area is 165 Å². The highest BCUT2D eigenvalue weighted by atomic mass is 127. The largest absolute Gasteiger partial charge is 0.493 e. The molecule has 26 heavy (non-hydrogen) atoms. The van der Waals surface area contributed by atoms with Crippen LogP contribution in [0.15, 0.2) is 42.5 Å². The molecule has 6 nitrogen and oxygen atoms in total. The van der Waals surface area contributed by atoms with E-state index in [0.29, 0.717) is 11.5 Å². The molecule has 0 saturated heterocycles. The zero-order valence-electron chi connectivity index (χ0n) is 14.4. The van der Waals surface area contributed by atoms with Gasteiger partial charge in [-0.1, -0.05) is 6.07 Å². The second-order valence-electron chi connectivity index (χ2n) is 5.45. The minimum atomic E-state index is -0.571. The van der Waals surface area contributed by atoms with Crippen LogP contribution in [0.4, 0.5) is 5.69 Å². The van der Waals surface area contributed by atoms with Gasteiger partial charge in [-0.05, 0) is 77.0 Å². The van der Waals surface area contributed by atoms with Crippen LogP contribution in [-0.4, -0.2) is 25.5 Å². The summed E-state index contributed by atoms with van der Waals surface area (Å²) < 4.78 is 11.6. The minimum Gasteiger partial charge on any atom is -0.493 e. The molecule has 0 fully saturated rings. The third kappa shape index (κ3) is 5.76. The van der Waals surface area contributed by atoms with Gasteiger partial charge in [0.1, 0.15) is 0 Å². The van der Waals surface area contributed by atoms with Crippen LogP contribution in [0.3, 0.4) is 0 Å². The molecule has 0 atom stereocenters. The number of nitrogens with two attached hydrogens (primary N) is 1. The smallest absolute Gasteiger partial charge is 0.255 e. The van der Waals surface area contributed by atoms with Gasteiger partial charge in [-0.15, -0.1) is 0 Å². The van der Waals surface area contributed by atoms with Crippen LogP contribution < -0.4 is 20.5 Å². The lowest BCUT2D eigenvalue weighted by atomic mass is 10.1. The van der Waals surface area contributed by atoms with E-state index >= 15 is 0 Å². The molecule has 136 valence electrons. The Morgan fingerprint density at radius 1 is 1.19 bits per heavy atom. The van der Waals surface area contributed by atoms with E-state index in [1.54, 1.807) is 24.3 Å². The van der Waals surface area contributed by atoms with Crippen molar-refractivity contribution < 1.29 is 19.1 Å². The Hall–Kier alpha value is -2.55. The molecule has 2 aromatic carbocycles. The highest BCUT2D eigenvalue weighted by molar-refractivity contribution is 14.1. The predicted molar refractivity (Wildman–Crippen MR) is 109 cm³/mol. The molecule has 0 radical (unpaired) electrons. The summed E-state index contributed by atoms with van der Waals surface area (Å²) in [4.78, 5) is 22.9. The number of nitrogens with one attached hydrogen (secondary N) is 1. The number of hydrogen-bond donors (Lipinski definition) is 2. The van der Waals surface area contributed by atoms with Crippen molar-refractivity contribution in [2.45, 2.75) is 6.92 Å². The van der Waals surface area contributed by atoms with Gasteiger partial charge in [0.2, 0.25) is 5.91 Å². The fraction of sp³-hybridized carbons (Fsp3) is 0.158. The quantitative estimate of drug-likeness (QED) is 0.485. The molecule has 2 aromatic rings. The molecular formula is C19H19IN2O4. The lowest BCUT2D eigenvalue weighted by molar-refractivity contribution is -0.120. The SMILES string of the molecule is COc1cc(/C=C/C(=O)Nc2ccc(I)cc2C)ccc1OCC(N)=O. The third-order valence-electron chi connectivity index (χ3n) is 3.43. The van der Waals surface area contributed by atoms with Crippen molar-refractivity contribution >= 4 is 46.2 Å². The van der Waals surface area contributed by atoms with Crippen molar-refractivity contribution in [1.82, 2.24) is 0 Å². The minimum absolute atomic E-state index is 0.233. The Morgan fingerprint density at radius 2 is 1.96 bits per heavy atom. The number of carbonyl (C=O) groups excluding carboxylic acids is 2. The molecule has 3 N–H and O–H groups in total. The summed E-state index contributed by atoms with van der Waals surface area (Å²) >= 11 is 2.22. The van der Waals surface area contributed by atoms with E-state index in [0.717, 1.165) is 20.4 Å². The molecule has 0 saturated carbocycles. The van der Waals surface area contributed by atoms with Gasteiger partial charge in [-0.3, -0.25) is 9.59 Å². The fourth-order valence-corrected chi connectivity index (χ4v) is 2.82. The lowest BCUT2D eigenvalue weighted by Crippen LogP contribution is -2.20. The van der Waals surface area contributed by atoms with Gasteiger partial charge in [0.15, 0.2) is 18.1 Å². The maximum atomic E-state index is 12.1. The highest BCUT2D eigenvalue weighted by Crippen LogP contribution is 2.28. The van der Waals surface area contributed by atoms with Crippen molar-refractivity contribution in [3.63, 3.8) is 0 Å². The van der Waals surface area contributed by atoms with E-state index in [9.17, 15) is 9.59 Å². The maximum Gasteiger partial charge on any atom is 0.255 e. The van der Waals surface area contributed by atoms with Gasteiger partial charge in [0.05, 0.1) is 7.11 Å². The molecular weight excluding hydrogens is 447 g/mol. The number of amides is 2. The average Bonchev–Trinajstić information content (AvgIpc) is 2.60. The molecule has 0 aliphatic heterocycles. The standard InChI is InChI=1S/C19H19IN2O4/c1-12-9-14(20)5-6-15(12)22-19(24)8-4-13-3-7-16(17(10-13)25-2)26-11-18(21)23/h3-10H,11H2,1-2H3,(H2,21,23)(H,22,24)/b8-4+. The Balaban J connectivity index is 2.06. The number of ether oxygens (including phenoxy) is 2. The van der Waals surface area contributed by atoms with Crippen molar-refractivity contribution in [1.29, 1.82) is 0 Å². The second kappa shape index (κ2) is 9.23. The Bertz CT molecular complexity index is 849. The number of hydrogen-bond acceptors (Lipinski definition) is 4. The number of anilines is 1. The maximum absolute atomic E-state index is 12.1. The van der Waals surface area contributed by atoms with Crippen LogP contribution in [0.2, 0.25) is 0 Å². The first-order valence-electron chi connectivity index (χ1n) is 7.73. The second-order valence-corrected chi connectivity index (χ2v) is 6.69. The summed E-state index contributed by atoms with van der Waals surface area (Å²) in [5, 5.41) is 2.84. The Kier molecular flexibility index (Phi) is 7.02. The number of carbonyl (C=O) groups is 2. The monoisotopic (exact) mass is 466 g/mol. The van der Waals surface area contributed by atoms with Crippen molar-refractivity contribution in [3.8, 4) is 11.5 Å². The van der Waals surface area contributed by atoms with E-state index in [2.05, 4.69) is 27.9 Å². The summed E-state index contributed by atoms with van der Waals surface area (Å²) in [5.41, 5.74) is 7.58. The van der Waals surface area contributed by atoms with Crippen LogP contribution in [0.25, 0.3) is 6.08 Å². The van der Waals surface area contributed by atoms with Crippen LogP contribution in [0, 0.1) is 10.5 Å². The topological polar surface area (TPSA) is 90.7 Å². The summed E-state index contributed by atoms with van der Waals surface area (Å²) in [7, 11) is 1.49. The molecule has 2 amide bonds. The van der Waals surface area contributed by atoms with E-state index in [4.69, 9.17) is 15.2 Å². The van der Waals surface area contributed by atoms with E-state index in [1.807, 2.05) is 25.1 Å². The van der Waals surface area contributed by atoms with Crippen LogP contribution in [-0.2, 0) is 9.59 Å². The first-order chi connectivity index (χ1) is 12.4. The van der Waals surface area contributed by atoms with Gasteiger partial charge in [-0.2, -0.15) is 0 Å². The average molecular weight is 466 g/mol. The van der Waals surface area contributed by atoms with E-state index in [-0.39, 0.29) is 12.5 Å². The van der Waals surface area contributed by atoms with Gasteiger partial charge in [-0.25, -0.2) is 0 Å². The number of halogens is 1. The van der Waals surface area contributed by atoms with Gasteiger partial charge in [0.25, 0.3) is 5.91 Å². The molecule has 0 bridgehead atoms. The first kappa shape index (κ1) is 19.8. The first-order valence-corrected chi connectivity index (χ1v) is 8.81. The molecule has 7 heteroatoms. The number of primary amides is 1. The zero-order valence-corrected chi connectivity index (χ0v) is 16.6. The number of methoxy groups -OCH3 is 1. The lowest BCUT2D eigenvalue weighted by Gasteiger charge is -2.10. The normalized spacial score (nSPS) is 10.6. The van der Waals surface area contributed by atoms with E-state index in [1.165, 1.54) is 13.2 Å². The third-order valence-corrected chi connectivity index (χ3v) is 4.10. The molecule has 0 aromatic heterocycles. The van der Waals surface area contributed by atoms with Gasteiger partial charge >= 0.3 is 0 Å². The number of rotatable bonds is 7. The van der Waals surface area contributed by atoms with Crippen molar-refractivity contribution in [2.24, 2.45) is 5.73 Å². The zero-order chi connectivity index (χ0) is 19.1. The van der Waals surface area contributed by atoms with Gasteiger partial charge < -0.3 is 20.5 Å². The number of aryl methyl sites for hydroxylation is 1. The molecule has 0 heterocycles. The molecule has 0 spiro atoms. The summed E-state index contributed by atoms with van der Waals surface area (Å²) in [6.07, 6.45) is 3.11. The van der Waals surface area contributed by atoms with Gasteiger partial charge in [0, 0.05) is 15.3 Å². The van der Waals surface area contributed by atoms with Crippen LogP contribution in [0.1, 0.15) is 11.1 Å². The molecule has 2 rings (SSSR count). The highest BCUT2D eigenvalue weighted by Gasteiger charge is 2.07. The van der Waals surface area contributed by atoms with E-state index < -0.39 is 5.91 Å². The van der Waals surface area contributed by atoms with Crippen molar-refractivity contribution in [3.05, 3.63) is 57.2 Å². The summed E-state index contributed by atoms with van der Waals surface area (Å²) in [6, 6.07) is 10.9. The van der Waals surface area contributed by atoms with Crippen LogP contribution in [0.5, 0.6) is 11.5 Å². The van der Waals surface area contributed by atoms with Crippen molar-refractivity contribution in [2.75, 3.05) is 19.0 Å².